The van der Waals surface area contributed by atoms with Gasteiger partial charge in [-0.1, -0.05) is 60.7 Å². The molecule has 5 nitrogen and oxygen atoms in total. The van der Waals surface area contributed by atoms with E-state index < -0.39 is 17.4 Å². The number of nitrogens with two attached hydrogens (primary N) is 1. The molecule has 2 aromatic rings. The number of nitrogens with zero attached hydrogens (tertiary/aromatic N) is 1. The highest BCUT2D eigenvalue weighted by Gasteiger charge is 2.55. The van der Waals surface area contributed by atoms with Crippen molar-refractivity contribution < 1.29 is 14.7 Å². The Morgan fingerprint density at radius 1 is 1.11 bits per heavy atom. The maximum atomic E-state index is 12.2. The molecule has 0 spiro atoms. The van der Waals surface area contributed by atoms with Crippen LogP contribution < -0.4 is 5.73 Å². The fourth-order valence-electron chi connectivity index (χ4n) is 3.91. The fraction of sp³-hybridized carbons (Fsp3) is 0.238. The van der Waals surface area contributed by atoms with Crippen molar-refractivity contribution in [2.24, 2.45) is 5.73 Å². The smallest absolute Gasteiger partial charge is 0.352 e. The van der Waals surface area contributed by atoms with E-state index in [0.29, 0.717) is 5.57 Å². The Hall–Kier alpha value is -2.28. The van der Waals surface area contributed by atoms with E-state index in [1.807, 2.05) is 60.7 Å². The molecule has 1 saturated heterocycles. The number of rotatable bonds is 5. The summed E-state index contributed by atoms with van der Waals surface area (Å²) in [6, 6.07) is 19.2. The molecule has 1 fully saturated rings. The maximum absolute atomic E-state index is 12.2. The van der Waals surface area contributed by atoms with Crippen LogP contribution in [0.4, 0.5) is 0 Å². The SMILES string of the molecule is NC1C(=O)N2C(C(=O)O)=C(CCl)C(C(c3ccccc3)c3ccccc3)SC12. The third-order valence-electron chi connectivity index (χ3n) is 5.23. The summed E-state index contributed by atoms with van der Waals surface area (Å²) in [4.78, 5) is 25.6. The topological polar surface area (TPSA) is 83.6 Å². The lowest BCUT2D eigenvalue weighted by Crippen LogP contribution is -2.69. The second-order valence-corrected chi connectivity index (χ2v) is 8.32. The highest BCUT2D eigenvalue weighted by Crippen LogP contribution is 2.50. The zero-order chi connectivity index (χ0) is 19.8. The molecule has 0 bridgehead atoms. The first-order valence-corrected chi connectivity index (χ1v) is 10.4. The number of halogens is 1. The summed E-state index contributed by atoms with van der Waals surface area (Å²) in [5, 5.41) is 9.21. The second-order valence-electron chi connectivity index (χ2n) is 6.79. The average molecular weight is 415 g/mol. The van der Waals surface area contributed by atoms with E-state index in [0.717, 1.165) is 11.1 Å². The Morgan fingerprint density at radius 2 is 1.64 bits per heavy atom. The van der Waals surface area contributed by atoms with Crippen molar-refractivity contribution in [3.8, 4) is 0 Å². The molecule has 2 aliphatic heterocycles. The van der Waals surface area contributed by atoms with Crippen molar-refractivity contribution in [2.75, 3.05) is 5.88 Å². The predicted molar refractivity (Wildman–Crippen MR) is 110 cm³/mol. The summed E-state index contributed by atoms with van der Waals surface area (Å²) in [6.45, 7) is 0. The van der Waals surface area contributed by atoms with Gasteiger partial charge in [-0.25, -0.2) is 4.79 Å². The third-order valence-corrected chi connectivity index (χ3v) is 7.15. The number of hydrogen-bond donors (Lipinski definition) is 2. The molecule has 0 radical (unpaired) electrons. The van der Waals surface area contributed by atoms with Crippen molar-refractivity contribution >= 4 is 35.2 Å². The van der Waals surface area contributed by atoms with Gasteiger partial charge >= 0.3 is 5.97 Å². The number of carboxylic acid groups (broad SMARTS) is 1. The second kappa shape index (κ2) is 7.62. The Bertz CT molecular complexity index is 896. The van der Waals surface area contributed by atoms with E-state index in [4.69, 9.17) is 17.3 Å². The Labute approximate surface area is 172 Å². The molecule has 0 saturated carbocycles. The van der Waals surface area contributed by atoms with Crippen LogP contribution >= 0.6 is 23.4 Å². The molecule has 1 amide bonds. The van der Waals surface area contributed by atoms with Gasteiger partial charge in [0.15, 0.2) is 0 Å². The standard InChI is InChI=1S/C21H19ClN2O3S/c22-11-14-17(21(26)27)24-19(25)16(23)20(24)28-18(14)15(12-7-3-1-4-8-12)13-9-5-2-6-10-13/h1-10,15-16,18,20H,11,23H2,(H,26,27). The molecule has 0 aliphatic carbocycles. The van der Waals surface area contributed by atoms with Crippen LogP contribution in [0.15, 0.2) is 71.9 Å². The van der Waals surface area contributed by atoms with Crippen LogP contribution in [0, 0.1) is 0 Å². The third kappa shape index (κ3) is 3.02. The monoisotopic (exact) mass is 414 g/mol. The molecule has 7 heteroatoms. The summed E-state index contributed by atoms with van der Waals surface area (Å²) in [5.74, 6) is -1.60. The van der Waals surface area contributed by atoms with Gasteiger partial charge < -0.3 is 10.8 Å². The molecular formula is C21H19ClN2O3S. The van der Waals surface area contributed by atoms with E-state index in [1.54, 1.807) is 0 Å². The summed E-state index contributed by atoms with van der Waals surface area (Å²) < 4.78 is 0. The van der Waals surface area contributed by atoms with E-state index >= 15 is 0 Å². The lowest BCUT2D eigenvalue weighted by molar-refractivity contribution is -0.148. The lowest BCUT2D eigenvalue weighted by Gasteiger charge is -2.51. The fourth-order valence-corrected chi connectivity index (χ4v) is 6.05. The first-order valence-electron chi connectivity index (χ1n) is 8.91. The van der Waals surface area contributed by atoms with Crippen LogP contribution in [0.5, 0.6) is 0 Å². The normalized spacial score (nSPS) is 24.2. The number of carbonyl (C=O) groups is 2. The van der Waals surface area contributed by atoms with Gasteiger partial charge in [-0.15, -0.1) is 23.4 Å². The van der Waals surface area contributed by atoms with E-state index in [9.17, 15) is 14.7 Å². The first kappa shape index (κ1) is 19.1. The van der Waals surface area contributed by atoms with Crippen molar-refractivity contribution in [1.29, 1.82) is 0 Å². The summed E-state index contributed by atoms with van der Waals surface area (Å²) >= 11 is 7.77. The maximum Gasteiger partial charge on any atom is 0.352 e. The minimum Gasteiger partial charge on any atom is -0.477 e. The number of aliphatic carboxylic acids is 1. The van der Waals surface area contributed by atoms with Gasteiger partial charge in [0.2, 0.25) is 5.91 Å². The lowest BCUT2D eigenvalue weighted by atomic mass is 9.84. The van der Waals surface area contributed by atoms with Gasteiger partial charge in [-0.05, 0) is 16.7 Å². The highest BCUT2D eigenvalue weighted by atomic mass is 35.5. The number of hydrogen-bond acceptors (Lipinski definition) is 4. The number of thioether (sulfide) groups is 1. The summed E-state index contributed by atoms with van der Waals surface area (Å²) in [5.41, 5.74) is 8.66. The van der Waals surface area contributed by atoms with Crippen molar-refractivity contribution in [3.63, 3.8) is 0 Å². The van der Waals surface area contributed by atoms with Crippen molar-refractivity contribution in [1.82, 2.24) is 4.90 Å². The number of benzene rings is 2. The molecule has 28 heavy (non-hydrogen) atoms. The number of alkyl halides is 1. The largest absolute Gasteiger partial charge is 0.477 e. The minimum absolute atomic E-state index is 0.0210. The van der Waals surface area contributed by atoms with Gasteiger partial charge in [0.25, 0.3) is 0 Å². The Kier molecular flexibility index (Phi) is 5.19. The Morgan fingerprint density at radius 3 is 2.11 bits per heavy atom. The molecular weight excluding hydrogens is 396 g/mol. The molecule has 4 rings (SSSR count). The molecule has 3 atom stereocenters. The van der Waals surface area contributed by atoms with Crippen LogP contribution in [0.1, 0.15) is 17.0 Å². The van der Waals surface area contributed by atoms with E-state index in [2.05, 4.69) is 0 Å². The molecule has 0 aromatic heterocycles. The van der Waals surface area contributed by atoms with Gasteiger partial charge in [-0.3, -0.25) is 9.69 Å². The zero-order valence-corrected chi connectivity index (χ0v) is 16.4. The van der Waals surface area contributed by atoms with Crippen LogP contribution in [0.3, 0.4) is 0 Å². The molecule has 2 aliphatic rings. The van der Waals surface area contributed by atoms with Crippen molar-refractivity contribution in [2.45, 2.75) is 22.6 Å². The first-order chi connectivity index (χ1) is 13.5. The average Bonchev–Trinajstić information content (AvgIpc) is 2.73. The summed E-state index contributed by atoms with van der Waals surface area (Å²) in [7, 11) is 0. The number of carboxylic acids is 1. The van der Waals surface area contributed by atoms with Crippen LogP contribution in [0.25, 0.3) is 0 Å². The van der Waals surface area contributed by atoms with Gasteiger partial charge in [0, 0.05) is 17.0 Å². The minimum atomic E-state index is -1.15. The Balaban J connectivity index is 1.89. The molecule has 3 N–H and O–H groups in total. The molecule has 3 unspecified atom stereocenters. The van der Waals surface area contributed by atoms with E-state index in [-0.39, 0.29) is 28.7 Å². The number of fused-ring (bicyclic) bond motifs is 1. The summed E-state index contributed by atoms with van der Waals surface area (Å²) in [6.07, 6.45) is 0. The van der Waals surface area contributed by atoms with E-state index in [1.165, 1.54) is 16.7 Å². The van der Waals surface area contributed by atoms with Crippen LogP contribution in [-0.2, 0) is 9.59 Å². The molecule has 2 heterocycles. The predicted octanol–water partition coefficient (Wildman–Crippen LogP) is 3.01. The van der Waals surface area contributed by atoms with Crippen LogP contribution in [0.2, 0.25) is 0 Å². The van der Waals surface area contributed by atoms with Gasteiger partial charge in [-0.2, -0.15) is 0 Å². The van der Waals surface area contributed by atoms with Gasteiger partial charge in [0.05, 0.1) is 0 Å². The highest BCUT2D eigenvalue weighted by molar-refractivity contribution is 8.01. The number of carbonyl (C=O) groups excluding carboxylic acids is 1. The molecule has 144 valence electrons. The van der Waals surface area contributed by atoms with Crippen LogP contribution in [-0.4, -0.2) is 44.4 Å². The molecule has 2 aromatic carbocycles. The van der Waals surface area contributed by atoms with Crippen molar-refractivity contribution in [3.05, 3.63) is 83.1 Å². The quantitative estimate of drug-likeness (QED) is 0.580. The zero-order valence-electron chi connectivity index (χ0n) is 14.9. The number of β-lactam (4-membered cyclic amide) rings is 1. The number of amides is 1. The van der Waals surface area contributed by atoms with Gasteiger partial charge in [0.1, 0.15) is 17.1 Å².